The van der Waals surface area contributed by atoms with E-state index in [1.165, 1.54) is 24.8 Å². The third-order valence-electron chi connectivity index (χ3n) is 3.35. The van der Waals surface area contributed by atoms with E-state index < -0.39 is 0 Å². The Labute approximate surface area is 110 Å². The highest BCUT2D eigenvalue weighted by Gasteiger charge is 2.08. The molecule has 0 fully saturated rings. The van der Waals surface area contributed by atoms with Crippen LogP contribution in [0.4, 0.5) is 0 Å². The fourth-order valence-corrected chi connectivity index (χ4v) is 2.29. The Bertz CT molecular complexity index is 386. The summed E-state index contributed by atoms with van der Waals surface area (Å²) in [6.07, 6.45) is 8.39. The molecule has 0 aliphatic heterocycles. The Morgan fingerprint density at radius 1 is 1.33 bits per heavy atom. The average molecular weight is 245 g/mol. The number of rotatable bonds is 6. The zero-order chi connectivity index (χ0) is 12.6. The van der Waals surface area contributed by atoms with E-state index >= 15 is 0 Å². The van der Waals surface area contributed by atoms with E-state index in [0.29, 0.717) is 0 Å². The Hall–Kier alpha value is -1.28. The van der Waals surface area contributed by atoms with Crippen LogP contribution in [0, 0.1) is 12.8 Å². The Kier molecular flexibility index (Phi) is 5.28. The number of aryl methyl sites for hydroxylation is 1. The van der Waals surface area contributed by atoms with E-state index in [4.69, 9.17) is 4.74 Å². The minimum atomic E-state index is 0.742. The molecule has 0 amide bonds. The van der Waals surface area contributed by atoms with Gasteiger partial charge in [-0.25, -0.2) is 0 Å². The fourth-order valence-electron chi connectivity index (χ4n) is 2.29. The molecule has 2 rings (SSSR count). The third kappa shape index (κ3) is 4.53. The quantitative estimate of drug-likeness (QED) is 0.613. The lowest BCUT2D eigenvalue weighted by Gasteiger charge is -2.18. The Balaban J connectivity index is 1.57. The Morgan fingerprint density at radius 3 is 3.06 bits per heavy atom. The number of benzene rings is 1. The molecule has 1 aliphatic carbocycles. The molecule has 0 radical (unpaired) electrons. The van der Waals surface area contributed by atoms with Crippen LogP contribution in [0.5, 0.6) is 5.75 Å². The van der Waals surface area contributed by atoms with Gasteiger partial charge in [-0.05, 0) is 56.3 Å². The van der Waals surface area contributed by atoms with Gasteiger partial charge in [0.25, 0.3) is 0 Å². The van der Waals surface area contributed by atoms with Crippen molar-refractivity contribution in [3.63, 3.8) is 0 Å². The molecular weight excluding hydrogens is 222 g/mol. The van der Waals surface area contributed by atoms with E-state index in [1.807, 2.05) is 12.1 Å². The molecule has 2 nitrogen and oxygen atoms in total. The monoisotopic (exact) mass is 245 g/mol. The van der Waals surface area contributed by atoms with Crippen LogP contribution in [0.2, 0.25) is 0 Å². The first-order valence-electron chi connectivity index (χ1n) is 6.90. The highest BCUT2D eigenvalue weighted by molar-refractivity contribution is 5.27. The van der Waals surface area contributed by atoms with Crippen molar-refractivity contribution in [2.75, 3.05) is 19.7 Å². The molecule has 0 saturated carbocycles. The summed E-state index contributed by atoms with van der Waals surface area (Å²) in [7, 11) is 0. The second-order valence-electron chi connectivity index (χ2n) is 5.02. The Morgan fingerprint density at radius 2 is 2.28 bits per heavy atom. The third-order valence-corrected chi connectivity index (χ3v) is 3.35. The van der Waals surface area contributed by atoms with Gasteiger partial charge in [0, 0.05) is 6.54 Å². The summed E-state index contributed by atoms with van der Waals surface area (Å²) in [5, 5.41) is 3.48. The molecule has 1 aromatic rings. The van der Waals surface area contributed by atoms with Crippen molar-refractivity contribution < 1.29 is 4.74 Å². The summed E-state index contributed by atoms with van der Waals surface area (Å²) in [5.41, 5.74) is 1.24. The van der Waals surface area contributed by atoms with E-state index in [9.17, 15) is 0 Å². The zero-order valence-electron chi connectivity index (χ0n) is 11.2. The lowest BCUT2D eigenvalue weighted by atomic mass is 9.94. The van der Waals surface area contributed by atoms with Gasteiger partial charge in [-0.1, -0.05) is 24.3 Å². The summed E-state index contributed by atoms with van der Waals surface area (Å²) >= 11 is 0. The van der Waals surface area contributed by atoms with E-state index in [-0.39, 0.29) is 0 Å². The first kappa shape index (κ1) is 13.2. The van der Waals surface area contributed by atoms with E-state index in [2.05, 4.69) is 36.5 Å². The van der Waals surface area contributed by atoms with Gasteiger partial charge in [0.2, 0.25) is 0 Å². The molecule has 1 unspecified atom stereocenters. The summed E-state index contributed by atoms with van der Waals surface area (Å²) in [6, 6.07) is 8.21. The van der Waals surface area contributed by atoms with Crippen molar-refractivity contribution in [1.82, 2.24) is 5.32 Å². The molecule has 0 heterocycles. The van der Waals surface area contributed by atoms with Crippen molar-refractivity contribution in [2.45, 2.75) is 26.2 Å². The smallest absolute Gasteiger partial charge is 0.119 e. The van der Waals surface area contributed by atoms with Gasteiger partial charge < -0.3 is 10.1 Å². The second kappa shape index (κ2) is 7.22. The highest BCUT2D eigenvalue weighted by Crippen LogP contribution is 2.16. The minimum Gasteiger partial charge on any atom is -0.492 e. The summed E-state index contributed by atoms with van der Waals surface area (Å²) in [5.74, 6) is 1.78. The SMILES string of the molecule is Cc1cccc(OCCNCC2CC=CCC2)c1. The molecule has 1 aromatic carbocycles. The van der Waals surface area contributed by atoms with Crippen LogP contribution in [0.3, 0.4) is 0 Å². The van der Waals surface area contributed by atoms with Crippen molar-refractivity contribution in [3.8, 4) is 5.75 Å². The summed E-state index contributed by atoms with van der Waals surface area (Å²) in [6.45, 7) is 4.86. The van der Waals surface area contributed by atoms with Crippen LogP contribution in [0.1, 0.15) is 24.8 Å². The fraction of sp³-hybridized carbons (Fsp3) is 0.500. The maximum absolute atomic E-state index is 5.70. The first-order chi connectivity index (χ1) is 8.84. The van der Waals surface area contributed by atoms with Gasteiger partial charge in [0.05, 0.1) is 0 Å². The van der Waals surface area contributed by atoms with Gasteiger partial charge in [-0.3, -0.25) is 0 Å². The number of allylic oxidation sites excluding steroid dienone is 2. The maximum atomic E-state index is 5.70. The molecule has 2 heteroatoms. The molecule has 0 spiro atoms. The highest BCUT2D eigenvalue weighted by atomic mass is 16.5. The number of nitrogens with one attached hydrogen (secondary N) is 1. The summed E-state index contributed by atoms with van der Waals surface area (Å²) < 4.78 is 5.70. The minimum absolute atomic E-state index is 0.742. The van der Waals surface area contributed by atoms with Crippen molar-refractivity contribution in [2.24, 2.45) is 5.92 Å². The molecule has 18 heavy (non-hydrogen) atoms. The largest absolute Gasteiger partial charge is 0.492 e. The van der Waals surface area contributed by atoms with E-state index in [1.54, 1.807) is 0 Å². The lowest BCUT2D eigenvalue weighted by Crippen LogP contribution is -2.27. The zero-order valence-corrected chi connectivity index (χ0v) is 11.2. The molecule has 1 N–H and O–H groups in total. The van der Waals surface area contributed by atoms with Crippen LogP contribution in [0.25, 0.3) is 0 Å². The normalized spacial score (nSPS) is 18.8. The lowest BCUT2D eigenvalue weighted by molar-refractivity contribution is 0.306. The van der Waals surface area contributed by atoms with Crippen LogP contribution in [-0.4, -0.2) is 19.7 Å². The molecule has 0 saturated heterocycles. The molecule has 98 valence electrons. The van der Waals surface area contributed by atoms with E-state index in [0.717, 1.165) is 31.4 Å². The summed E-state index contributed by atoms with van der Waals surface area (Å²) in [4.78, 5) is 0. The maximum Gasteiger partial charge on any atom is 0.119 e. The second-order valence-corrected chi connectivity index (χ2v) is 5.02. The molecule has 1 atom stereocenters. The topological polar surface area (TPSA) is 21.3 Å². The van der Waals surface area contributed by atoms with Crippen LogP contribution < -0.4 is 10.1 Å². The van der Waals surface area contributed by atoms with Crippen molar-refractivity contribution in [3.05, 3.63) is 42.0 Å². The number of hydrogen-bond acceptors (Lipinski definition) is 2. The van der Waals surface area contributed by atoms with Crippen molar-refractivity contribution >= 4 is 0 Å². The predicted octanol–water partition coefficient (Wildman–Crippen LogP) is 3.32. The average Bonchev–Trinajstić information content (AvgIpc) is 2.40. The number of ether oxygens (including phenoxy) is 1. The first-order valence-corrected chi connectivity index (χ1v) is 6.90. The van der Waals surface area contributed by atoms with Crippen LogP contribution in [0.15, 0.2) is 36.4 Å². The van der Waals surface area contributed by atoms with Gasteiger partial charge in [0.1, 0.15) is 12.4 Å². The molecular formula is C16H23NO. The molecule has 1 aliphatic rings. The molecule has 0 bridgehead atoms. The van der Waals surface area contributed by atoms with Crippen LogP contribution in [-0.2, 0) is 0 Å². The standard InChI is InChI=1S/C16H23NO/c1-14-6-5-9-16(12-14)18-11-10-17-13-15-7-3-2-4-8-15/h2-3,5-6,9,12,15,17H,4,7-8,10-11,13H2,1H3. The predicted molar refractivity (Wildman–Crippen MR) is 76.0 cm³/mol. The van der Waals surface area contributed by atoms with Gasteiger partial charge in [-0.2, -0.15) is 0 Å². The van der Waals surface area contributed by atoms with Gasteiger partial charge in [0.15, 0.2) is 0 Å². The molecule has 0 aromatic heterocycles. The van der Waals surface area contributed by atoms with Gasteiger partial charge in [-0.15, -0.1) is 0 Å². The van der Waals surface area contributed by atoms with Crippen LogP contribution >= 0.6 is 0 Å². The van der Waals surface area contributed by atoms with Gasteiger partial charge >= 0.3 is 0 Å². The van der Waals surface area contributed by atoms with Crippen molar-refractivity contribution in [1.29, 1.82) is 0 Å². The number of hydrogen-bond donors (Lipinski definition) is 1.